The number of rotatable bonds is 8. The molecule has 22 heavy (non-hydrogen) atoms. The number of carbonyl (C=O) groups excluding carboxylic acids is 1. The maximum Gasteiger partial charge on any atom is 0.306 e. The molecule has 2 atom stereocenters. The number of pyridine rings is 1. The minimum absolute atomic E-state index is 0. The zero-order valence-corrected chi connectivity index (χ0v) is 15.1. The molecule has 0 radical (unpaired) electrons. The number of aromatic nitrogens is 1. The number of aldehydes is 1. The normalized spacial score (nSPS) is 14.8. The van der Waals surface area contributed by atoms with Crippen LogP contribution in [-0.4, -0.2) is 39.5 Å². The molecular weight excluding hydrogens is 369 g/mol. The molecule has 0 aliphatic rings. The molecule has 10 heteroatoms. The van der Waals surface area contributed by atoms with Crippen LogP contribution in [-0.2, 0) is 15.3 Å². The lowest BCUT2D eigenvalue weighted by Crippen LogP contribution is -2.45. The van der Waals surface area contributed by atoms with Gasteiger partial charge in [-0.1, -0.05) is 0 Å². The molecule has 0 bridgehead atoms. The number of hydrogen-bond donors (Lipinski definition) is 5. The van der Waals surface area contributed by atoms with Crippen molar-refractivity contribution in [1.29, 1.82) is 0 Å². The molecule has 1 aromatic heterocycles. The summed E-state index contributed by atoms with van der Waals surface area (Å²) in [5.41, 5.74) is 12.3. The van der Waals surface area contributed by atoms with Crippen molar-refractivity contribution in [2.24, 2.45) is 11.5 Å². The molecule has 0 aliphatic heterocycles. The van der Waals surface area contributed by atoms with Crippen LogP contribution < -0.4 is 11.5 Å². The summed E-state index contributed by atoms with van der Waals surface area (Å²) >= 11 is 4.31. The van der Waals surface area contributed by atoms with Crippen LogP contribution in [0.3, 0.4) is 0 Å². The summed E-state index contributed by atoms with van der Waals surface area (Å²) in [5, 5.41) is 8.93. The highest BCUT2D eigenvalue weighted by atomic mass is 35.5. The molecule has 6 nitrogen and oxygen atoms in total. The van der Waals surface area contributed by atoms with Crippen molar-refractivity contribution >= 4 is 60.6 Å². The fourth-order valence-corrected chi connectivity index (χ4v) is 4.44. The van der Waals surface area contributed by atoms with E-state index in [9.17, 15) is 9.59 Å². The Kier molecular flexibility index (Phi) is 12.0. The number of halogens is 2. The lowest BCUT2D eigenvalue weighted by Gasteiger charge is -2.35. The second-order valence-electron chi connectivity index (χ2n) is 4.36. The molecule has 0 spiro atoms. The molecule has 128 valence electrons. The third kappa shape index (κ3) is 6.72. The lowest BCUT2D eigenvalue weighted by molar-refractivity contribution is -0.138. The van der Waals surface area contributed by atoms with E-state index in [2.05, 4.69) is 17.6 Å². The van der Waals surface area contributed by atoms with Gasteiger partial charge in [0, 0.05) is 16.8 Å². The summed E-state index contributed by atoms with van der Waals surface area (Å²) in [6, 6.07) is 3.54. The number of carbonyl (C=O) groups is 2. The quantitative estimate of drug-likeness (QED) is 0.334. The van der Waals surface area contributed by atoms with Gasteiger partial charge >= 0.3 is 5.97 Å². The van der Waals surface area contributed by atoms with Crippen molar-refractivity contribution in [3.8, 4) is 0 Å². The van der Waals surface area contributed by atoms with Crippen molar-refractivity contribution in [2.75, 3.05) is 12.3 Å². The third-order valence-corrected chi connectivity index (χ3v) is 6.16. The minimum Gasteiger partial charge on any atom is -0.481 e. The lowest BCUT2D eigenvalue weighted by atomic mass is 10.2. The predicted octanol–water partition coefficient (Wildman–Crippen LogP) is 1.00. The first-order valence-electron chi connectivity index (χ1n) is 5.98. The molecule has 0 saturated heterocycles. The Labute approximate surface area is 150 Å². The van der Waals surface area contributed by atoms with E-state index in [0.717, 1.165) is 0 Å². The van der Waals surface area contributed by atoms with E-state index in [4.69, 9.17) is 16.6 Å². The molecule has 1 heterocycles. The van der Waals surface area contributed by atoms with Crippen LogP contribution in [0.2, 0.25) is 0 Å². The molecule has 0 amide bonds. The average Bonchev–Trinajstić information content (AvgIpc) is 2.39. The summed E-state index contributed by atoms with van der Waals surface area (Å²) in [7, 11) is -1.14. The van der Waals surface area contributed by atoms with Crippen LogP contribution in [0.5, 0.6) is 0 Å². The van der Waals surface area contributed by atoms with Crippen molar-refractivity contribution in [2.45, 2.75) is 21.9 Å². The highest BCUT2D eigenvalue weighted by Gasteiger charge is 2.34. The van der Waals surface area contributed by atoms with E-state index in [1.165, 1.54) is 0 Å². The number of thiol groups is 2. The second kappa shape index (κ2) is 11.1. The van der Waals surface area contributed by atoms with Gasteiger partial charge in [0.05, 0.1) is 12.1 Å². The Bertz CT molecular complexity index is 496. The molecule has 1 unspecified atom stereocenters. The van der Waals surface area contributed by atoms with Crippen molar-refractivity contribution < 1.29 is 14.7 Å². The zero-order chi connectivity index (χ0) is 15.2. The maximum atomic E-state index is 11.3. The van der Waals surface area contributed by atoms with E-state index >= 15 is 0 Å². The SMILES string of the molecule is Cl.Cl.NCC[SH](Cc1ncccc1S)[C@](N)(C=O)CC(=O)O. The number of nitrogens with zero attached hydrogens (tertiary/aromatic N) is 1. The fourth-order valence-electron chi connectivity index (χ4n) is 1.79. The number of carboxylic acids is 1. The zero-order valence-electron chi connectivity index (χ0n) is 11.7. The van der Waals surface area contributed by atoms with Gasteiger partial charge < -0.3 is 21.4 Å². The first kappa shape index (κ1) is 23.8. The van der Waals surface area contributed by atoms with E-state index in [1.54, 1.807) is 18.3 Å². The molecule has 0 aliphatic carbocycles. The van der Waals surface area contributed by atoms with E-state index in [1.807, 2.05) is 0 Å². The summed E-state index contributed by atoms with van der Waals surface area (Å²) in [4.78, 5) is 25.7. The number of nitrogens with two attached hydrogens (primary N) is 2. The molecular formula is C12H21Cl2N3O3S2. The van der Waals surface area contributed by atoms with Gasteiger partial charge in [-0.05, 0) is 24.4 Å². The molecule has 0 fully saturated rings. The van der Waals surface area contributed by atoms with Gasteiger partial charge in [-0.2, -0.15) is 0 Å². The summed E-state index contributed by atoms with van der Waals surface area (Å²) in [5.74, 6) is -0.174. The number of aliphatic carboxylic acids is 1. The van der Waals surface area contributed by atoms with Crippen molar-refractivity contribution in [3.05, 3.63) is 24.0 Å². The fraction of sp³-hybridized carbons (Fsp3) is 0.417. The van der Waals surface area contributed by atoms with Gasteiger partial charge in [-0.15, -0.1) is 37.4 Å². The molecule has 5 N–H and O–H groups in total. The van der Waals surface area contributed by atoms with Gasteiger partial charge in [0.2, 0.25) is 0 Å². The monoisotopic (exact) mass is 389 g/mol. The minimum atomic E-state index is -1.39. The Morgan fingerprint density at radius 2 is 2.14 bits per heavy atom. The smallest absolute Gasteiger partial charge is 0.306 e. The van der Waals surface area contributed by atoms with E-state index in [0.29, 0.717) is 34.9 Å². The average molecular weight is 390 g/mol. The molecule has 0 aromatic carbocycles. The van der Waals surface area contributed by atoms with Gasteiger partial charge in [-0.3, -0.25) is 9.78 Å². The van der Waals surface area contributed by atoms with Crippen LogP contribution in [0, 0.1) is 0 Å². The Balaban J connectivity index is 0. The number of carboxylic acid groups (broad SMARTS) is 1. The standard InChI is InChI=1S/C12H19N3O3S2.2ClH/c13-3-5-20(12(14,8-16)6-11(17)18)7-9-10(19)2-1-4-15-9;;/h1-2,4,8,19-20H,3,5-7,13-14H2,(H,17,18);2*1H/t12-;;/m0../s1. The highest BCUT2D eigenvalue weighted by Crippen LogP contribution is 2.41. The molecule has 1 aromatic rings. The second-order valence-corrected chi connectivity index (χ2v) is 7.52. The number of hydrogen-bond acceptors (Lipinski definition) is 6. The van der Waals surface area contributed by atoms with Gasteiger partial charge in [0.25, 0.3) is 0 Å². The van der Waals surface area contributed by atoms with Crippen LogP contribution in [0.4, 0.5) is 0 Å². The highest BCUT2D eigenvalue weighted by molar-refractivity contribution is 8.18. The Hall–Kier alpha value is -0.510. The van der Waals surface area contributed by atoms with Gasteiger partial charge in [-0.25, -0.2) is 10.9 Å². The van der Waals surface area contributed by atoms with E-state index < -0.39 is 28.2 Å². The molecule has 0 saturated carbocycles. The van der Waals surface area contributed by atoms with Crippen LogP contribution in [0.1, 0.15) is 12.1 Å². The van der Waals surface area contributed by atoms with Crippen LogP contribution >= 0.6 is 48.3 Å². The summed E-state index contributed by atoms with van der Waals surface area (Å²) < 4.78 is 0. The summed E-state index contributed by atoms with van der Waals surface area (Å²) in [6.07, 6.45) is 1.75. The molecule has 1 rings (SSSR count). The van der Waals surface area contributed by atoms with Crippen LogP contribution in [0.25, 0.3) is 0 Å². The van der Waals surface area contributed by atoms with Crippen molar-refractivity contribution in [3.63, 3.8) is 0 Å². The topological polar surface area (TPSA) is 119 Å². The maximum absolute atomic E-state index is 11.3. The van der Waals surface area contributed by atoms with Crippen molar-refractivity contribution in [1.82, 2.24) is 4.98 Å². The first-order chi connectivity index (χ1) is 9.42. The first-order valence-corrected chi connectivity index (χ1v) is 8.14. The predicted molar refractivity (Wildman–Crippen MR) is 97.8 cm³/mol. The Morgan fingerprint density at radius 1 is 1.50 bits per heavy atom. The van der Waals surface area contributed by atoms with Crippen LogP contribution in [0.15, 0.2) is 23.2 Å². The van der Waals surface area contributed by atoms with Gasteiger partial charge in [0.1, 0.15) is 11.2 Å². The van der Waals surface area contributed by atoms with Gasteiger partial charge in [0.15, 0.2) is 0 Å². The van der Waals surface area contributed by atoms with E-state index in [-0.39, 0.29) is 24.8 Å². The summed E-state index contributed by atoms with van der Waals surface area (Å²) in [6.45, 7) is 0.340. The third-order valence-electron chi connectivity index (χ3n) is 2.83. The largest absolute Gasteiger partial charge is 0.481 e. The Morgan fingerprint density at radius 3 is 2.59 bits per heavy atom.